The molecule has 1 fully saturated rings. The maximum absolute atomic E-state index is 14.6. The molecule has 1 aliphatic rings. The first-order valence-corrected chi connectivity index (χ1v) is 11.5. The van der Waals surface area contributed by atoms with E-state index in [1.54, 1.807) is 43.0 Å². The monoisotopic (exact) mass is 463 g/mol. The van der Waals surface area contributed by atoms with Crippen molar-refractivity contribution in [3.8, 4) is 33.8 Å². The summed E-state index contributed by atoms with van der Waals surface area (Å²) in [5.41, 5.74) is 4.03. The minimum atomic E-state index is -0.328. The smallest absolute Gasteiger partial charge is 0.163 e. The van der Waals surface area contributed by atoms with E-state index in [0.717, 1.165) is 54.1 Å². The van der Waals surface area contributed by atoms with Gasteiger partial charge in [0.05, 0.1) is 5.69 Å². The van der Waals surface area contributed by atoms with Crippen molar-refractivity contribution in [2.75, 3.05) is 31.1 Å². The lowest BCUT2D eigenvalue weighted by atomic mass is 9.99. The lowest BCUT2D eigenvalue weighted by Crippen LogP contribution is -2.43. The van der Waals surface area contributed by atoms with Crippen molar-refractivity contribution < 1.29 is 4.39 Å². The number of halogens is 1. The predicted molar refractivity (Wildman–Crippen MR) is 134 cm³/mol. The molecule has 0 unspecified atom stereocenters. The van der Waals surface area contributed by atoms with Crippen molar-refractivity contribution in [3.63, 3.8) is 0 Å². The maximum atomic E-state index is 14.6. The number of nitrogens with zero attached hydrogens (tertiary/aromatic N) is 6. The van der Waals surface area contributed by atoms with E-state index in [-0.39, 0.29) is 5.82 Å². The van der Waals surface area contributed by atoms with Gasteiger partial charge in [-0.05, 0) is 48.0 Å². The van der Waals surface area contributed by atoms with Gasteiger partial charge in [0.2, 0.25) is 0 Å². The summed E-state index contributed by atoms with van der Waals surface area (Å²) in [7, 11) is 0. The van der Waals surface area contributed by atoms with Gasteiger partial charge in [0, 0.05) is 73.0 Å². The molecular formula is C27H22FN7. The standard InChI is InChI=1S/C27H22FN7/c28-23-6-2-1-4-21(23)24-15-22(20-5-3-8-31-27(20)33-24)18-14-19(17-30-16-18)26-32-9-7-25(34-26)35-12-10-29-11-13-35/h1-9,14-17,29H,10-13H2. The number of anilines is 1. The molecule has 5 heterocycles. The van der Waals surface area contributed by atoms with Crippen LogP contribution in [0.5, 0.6) is 0 Å². The molecule has 0 saturated carbocycles. The van der Waals surface area contributed by atoms with E-state index in [1.165, 1.54) is 6.07 Å². The Bertz CT molecular complexity index is 1510. The molecule has 0 aliphatic carbocycles. The molecule has 0 radical (unpaired) electrons. The first kappa shape index (κ1) is 21.2. The number of piperazine rings is 1. The summed E-state index contributed by atoms with van der Waals surface area (Å²) in [6.45, 7) is 3.68. The van der Waals surface area contributed by atoms with Gasteiger partial charge in [0.1, 0.15) is 11.6 Å². The average molecular weight is 464 g/mol. The quantitative estimate of drug-likeness (QED) is 0.424. The molecule has 0 atom stereocenters. The summed E-state index contributed by atoms with van der Waals surface area (Å²) in [5, 5.41) is 4.22. The van der Waals surface area contributed by atoms with Crippen LogP contribution >= 0.6 is 0 Å². The number of nitrogens with one attached hydrogen (secondary N) is 1. The molecule has 0 amide bonds. The topological polar surface area (TPSA) is 79.7 Å². The summed E-state index contributed by atoms with van der Waals surface area (Å²) < 4.78 is 14.6. The molecule has 35 heavy (non-hydrogen) atoms. The fourth-order valence-corrected chi connectivity index (χ4v) is 4.37. The Morgan fingerprint density at radius 1 is 0.800 bits per heavy atom. The molecular weight excluding hydrogens is 441 g/mol. The number of fused-ring (bicyclic) bond motifs is 1. The zero-order valence-corrected chi connectivity index (χ0v) is 18.9. The van der Waals surface area contributed by atoms with E-state index < -0.39 is 0 Å². The molecule has 0 bridgehead atoms. The van der Waals surface area contributed by atoms with Crippen LogP contribution in [-0.2, 0) is 0 Å². The second-order valence-corrected chi connectivity index (χ2v) is 8.35. The van der Waals surface area contributed by atoms with E-state index in [4.69, 9.17) is 4.98 Å². The minimum Gasteiger partial charge on any atom is -0.354 e. The van der Waals surface area contributed by atoms with Crippen LogP contribution in [0.2, 0.25) is 0 Å². The van der Waals surface area contributed by atoms with Gasteiger partial charge >= 0.3 is 0 Å². The number of aromatic nitrogens is 5. The van der Waals surface area contributed by atoms with Crippen LogP contribution in [-0.4, -0.2) is 51.1 Å². The molecule has 1 aliphatic heterocycles. The average Bonchev–Trinajstić information content (AvgIpc) is 2.93. The molecule has 4 aromatic heterocycles. The molecule has 5 aromatic rings. The number of hydrogen-bond donors (Lipinski definition) is 1. The second kappa shape index (κ2) is 9.15. The van der Waals surface area contributed by atoms with Crippen LogP contribution in [0.3, 0.4) is 0 Å². The van der Waals surface area contributed by atoms with Crippen molar-refractivity contribution in [1.82, 2.24) is 30.2 Å². The van der Waals surface area contributed by atoms with Gasteiger partial charge in [0.25, 0.3) is 0 Å². The third kappa shape index (κ3) is 4.20. The van der Waals surface area contributed by atoms with Crippen molar-refractivity contribution >= 4 is 16.9 Å². The first-order chi connectivity index (χ1) is 17.3. The van der Waals surface area contributed by atoms with Crippen LogP contribution in [0.15, 0.2) is 79.4 Å². The lowest BCUT2D eigenvalue weighted by Gasteiger charge is -2.28. The Morgan fingerprint density at radius 3 is 2.54 bits per heavy atom. The number of benzene rings is 1. The first-order valence-electron chi connectivity index (χ1n) is 11.5. The highest BCUT2D eigenvalue weighted by atomic mass is 19.1. The predicted octanol–water partition coefficient (Wildman–Crippen LogP) is 4.36. The van der Waals surface area contributed by atoms with E-state index in [2.05, 4.69) is 30.2 Å². The third-order valence-electron chi connectivity index (χ3n) is 6.12. The largest absolute Gasteiger partial charge is 0.354 e. The zero-order valence-electron chi connectivity index (χ0n) is 18.9. The van der Waals surface area contributed by atoms with Crippen molar-refractivity contribution in [3.05, 3.63) is 85.2 Å². The van der Waals surface area contributed by atoms with Crippen LogP contribution in [0, 0.1) is 5.82 Å². The third-order valence-corrected chi connectivity index (χ3v) is 6.12. The zero-order chi connectivity index (χ0) is 23.6. The normalized spacial score (nSPS) is 13.8. The Balaban J connectivity index is 1.45. The van der Waals surface area contributed by atoms with Gasteiger partial charge in [-0.25, -0.2) is 24.3 Å². The molecule has 6 rings (SSSR count). The SMILES string of the molecule is Fc1ccccc1-c1cc(-c2cncc(-c3nccc(N4CCNCC4)n3)c2)c2cccnc2n1. The molecule has 0 spiro atoms. The van der Waals surface area contributed by atoms with Crippen LogP contribution in [0.1, 0.15) is 0 Å². The summed E-state index contributed by atoms with van der Waals surface area (Å²) in [6.07, 6.45) is 7.03. The highest BCUT2D eigenvalue weighted by Gasteiger charge is 2.16. The Kier molecular flexibility index (Phi) is 5.56. The van der Waals surface area contributed by atoms with Gasteiger partial charge < -0.3 is 10.2 Å². The Hall–Kier alpha value is -4.30. The van der Waals surface area contributed by atoms with E-state index in [9.17, 15) is 4.39 Å². The van der Waals surface area contributed by atoms with E-state index in [0.29, 0.717) is 22.7 Å². The van der Waals surface area contributed by atoms with Crippen LogP contribution in [0.25, 0.3) is 44.8 Å². The number of hydrogen-bond acceptors (Lipinski definition) is 7. The fraction of sp³-hybridized carbons (Fsp3) is 0.148. The number of rotatable bonds is 4. The van der Waals surface area contributed by atoms with Gasteiger partial charge in [0.15, 0.2) is 11.5 Å². The molecule has 8 heteroatoms. The second-order valence-electron chi connectivity index (χ2n) is 8.35. The van der Waals surface area contributed by atoms with Gasteiger partial charge in [-0.1, -0.05) is 12.1 Å². The molecule has 7 nitrogen and oxygen atoms in total. The Morgan fingerprint density at radius 2 is 1.66 bits per heavy atom. The summed E-state index contributed by atoms with van der Waals surface area (Å²) in [5.74, 6) is 1.19. The maximum Gasteiger partial charge on any atom is 0.163 e. The summed E-state index contributed by atoms with van der Waals surface area (Å²) >= 11 is 0. The molecule has 1 saturated heterocycles. The number of pyridine rings is 3. The molecule has 1 aromatic carbocycles. The minimum absolute atomic E-state index is 0.328. The van der Waals surface area contributed by atoms with Gasteiger partial charge in [-0.2, -0.15) is 0 Å². The highest BCUT2D eigenvalue weighted by Crippen LogP contribution is 2.33. The van der Waals surface area contributed by atoms with E-state index >= 15 is 0 Å². The molecule has 172 valence electrons. The Labute approximate surface area is 201 Å². The highest BCUT2D eigenvalue weighted by molar-refractivity contribution is 5.95. The van der Waals surface area contributed by atoms with Crippen LogP contribution in [0.4, 0.5) is 10.2 Å². The van der Waals surface area contributed by atoms with Gasteiger partial charge in [-0.3, -0.25) is 4.98 Å². The molecule has 1 N–H and O–H groups in total. The lowest BCUT2D eigenvalue weighted by molar-refractivity contribution is 0.585. The van der Waals surface area contributed by atoms with E-state index in [1.807, 2.05) is 30.3 Å². The van der Waals surface area contributed by atoms with Crippen LogP contribution < -0.4 is 10.2 Å². The fourth-order valence-electron chi connectivity index (χ4n) is 4.37. The van der Waals surface area contributed by atoms with Crippen molar-refractivity contribution in [2.24, 2.45) is 0 Å². The van der Waals surface area contributed by atoms with Gasteiger partial charge in [-0.15, -0.1) is 0 Å². The summed E-state index contributed by atoms with van der Waals surface area (Å²) in [4.78, 5) is 25.1. The van der Waals surface area contributed by atoms with Crippen molar-refractivity contribution in [2.45, 2.75) is 0 Å². The summed E-state index contributed by atoms with van der Waals surface area (Å²) in [6, 6.07) is 16.3. The van der Waals surface area contributed by atoms with Crippen molar-refractivity contribution in [1.29, 1.82) is 0 Å².